The van der Waals surface area contributed by atoms with Gasteiger partial charge in [0.1, 0.15) is 11.5 Å². The summed E-state index contributed by atoms with van der Waals surface area (Å²) in [6.45, 7) is 1.04. The Labute approximate surface area is 101 Å². The molecule has 2 N–H and O–H groups in total. The fourth-order valence-electron chi connectivity index (χ4n) is 1.85. The van der Waals surface area contributed by atoms with Crippen molar-refractivity contribution in [2.75, 3.05) is 20.8 Å². The van der Waals surface area contributed by atoms with Gasteiger partial charge in [-0.15, -0.1) is 12.4 Å². The predicted molar refractivity (Wildman–Crippen MR) is 63.4 cm³/mol. The van der Waals surface area contributed by atoms with Gasteiger partial charge in [-0.05, 0) is 11.6 Å². The molecule has 1 unspecified atom stereocenters. The van der Waals surface area contributed by atoms with Crippen LogP contribution >= 0.6 is 12.4 Å². The first kappa shape index (κ1) is 13.1. The highest BCUT2D eigenvalue weighted by Gasteiger charge is 2.26. The molecule has 0 saturated heterocycles. The van der Waals surface area contributed by atoms with Crippen LogP contribution in [0.3, 0.4) is 0 Å². The lowest BCUT2D eigenvalue weighted by atomic mass is 10.0. The largest absolute Gasteiger partial charge is 0.497 e. The van der Waals surface area contributed by atoms with Crippen LogP contribution in [0.5, 0.6) is 11.5 Å². The van der Waals surface area contributed by atoms with Crippen LogP contribution in [0, 0.1) is 0 Å². The predicted octanol–water partition coefficient (Wildman–Crippen LogP) is 1.66. The lowest BCUT2D eigenvalue weighted by molar-refractivity contribution is 0.0718. The molecule has 0 bridgehead atoms. The van der Waals surface area contributed by atoms with E-state index in [0.29, 0.717) is 13.2 Å². The fraction of sp³-hybridized carbons (Fsp3) is 0.455. The molecule has 4 nitrogen and oxygen atoms in total. The molecule has 1 heterocycles. The molecule has 0 aliphatic carbocycles. The van der Waals surface area contributed by atoms with Crippen molar-refractivity contribution in [2.45, 2.75) is 12.7 Å². The Morgan fingerprint density at radius 1 is 1.38 bits per heavy atom. The SMILES string of the molecule is COc1cc(OC)c2c(c1)C(CN)OC2.Cl. The molecule has 16 heavy (non-hydrogen) atoms. The number of ether oxygens (including phenoxy) is 3. The van der Waals surface area contributed by atoms with Crippen LogP contribution in [-0.2, 0) is 11.3 Å². The summed E-state index contributed by atoms with van der Waals surface area (Å²) in [6.07, 6.45) is -0.0380. The van der Waals surface area contributed by atoms with Crippen LogP contribution < -0.4 is 15.2 Å². The van der Waals surface area contributed by atoms with Crippen LogP contribution in [0.1, 0.15) is 17.2 Å². The maximum Gasteiger partial charge on any atom is 0.128 e. The zero-order valence-corrected chi connectivity index (χ0v) is 10.2. The van der Waals surface area contributed by atoms with Crippen LogP contribution in [0.15, 0.2) is 12.1 Å². The molecule has 90 valence electrons. The van der Waals surface area contributed by atoms with E-state index in [4.69, 9.17) is 19.9 Å². The summed E-state index contributed by atoms with van der Waals surface area (Å²) in [5.74, 6) is 1.58. The van der Waals surface area contributed by atoms with Gasteiger partial charge in [-0.3, -0.25) is 0 Å². The van der Waals surface area contributed by atoms with E-state index in [9.17, 15) is 0 Å². The van der Waals surface area contributed by atoms with Crippen LogP contribution in [-0.4, -0.2) is 20.8 Å². The number of nitrogens with two attached hydrogens (primary N) is 1. The zero-order chi connectivity index (χ0) is 10.8. The second-order valence-electron chi connectivity index (χ2n) is 3.43. The van der Waals surface area contributed by atoms with E-state index in [2.05, 4.69) is 0 Å². The Balaban J connectivity index is 0.00000128. The summed E-state index contributed by atoms with van der Waals surface area (Å²) in [5, 5.41) is 0. The molecule has 1 aliphatic rings. The minimum absolute atomic E-state index is 0. The summed E-state index contributed by atoms with van der Waals surface area (Å²) < 4.78 is 16.0. The van der Waals surface area contributed by atoms with E-state index in [1.165, 1.54) is 0 Å². The van der Waals surface area contributed by atoms with Crippen molar-refractivity contribution in [1.29, 1.82) is 0 Å². The number of hydrogen-bond acceptors (Lipinski definition) is 4. The third-order valence-corrected chi connectivity index (χ3v) is 2.66. The summed E-state index contributed by atoms with van der Waals surface area (Å²) in [5.41, 5.74) is 7.78. The Morgan fingerprint density at radius 2 is 2.12 bits per heavy atom. The Kier molecular flexibility index (Phi) is 4.41. The molecule has 0 spiro atoms. The lowest BCUT2D eigenvalue weighted by Gasteiger charge is -2.11. The van der Waals surface area contributed by atoms with Crippen molar-refractivity contribution in [3.63, 3.8) is 0 Å². The number of hydrogen-bond donors (Lipinski definition) is 1. The van der Waals surface area contributed by atoms with E-state index < -0.39 is 0 Å². The standard InChI is InChI=1S/C11H15NO3.ClH/c1-13-7-3-8-9(10(4-7)14-2)6-15-11(8)5-12;/h3-4,11H,5-6,12H2,1-2H3;1H. The molecule has 5 heteroatoms. The molecule has 0 saturated carbocycles. The highest BCUT2D eigenvalue weighted by molar-refractivity contribution is 5.85. The molecule has 2 rings (SSSR count). The van der Waals surface area contributed by atoms with E-state index in [0.717, 1.165) is 22.6 Å². The second kappa shape index (κ2) is 5.39. The van der Waals surface area contributed by atoms with Gasteiger partial charge in [-0.25, -0.2) is 0 Å². The van der Waals surface area contributed by atoms with Gasteiger partial charge >= 0.3 is 0 Å². The Bertz CT molecular complexity index is 370. The topological polar surface area (TPSA) is 53.7 Å². The number of halogens is 1. The summed E-state index contributed by atoms with van der Waals surface area (Å²) >= 11 is 0. The van der Waals surface area contributed by atoms with E-state index >= 15 is 0 Å². The molecular formula is C11H16ClNO3. The Morgan fingerprint density at radius 3 is 2.69 bits per heavy atom. The average Bonchev–Trinajstić information content (AvgIpc) is 2.70. The first-order chi connectivity index (χ1) is 7.30. The molecule has 0 aromatic heterocycles. The zero-order valence-electron chi connectivity index (χ0n) is 9.36. The normalized spacial score (nSPS) is 17.6. The molecule has 0 fully saturated rings. The lowest BCUT2D eigenvalue weighted by Crippen LogP contribution is -2.11. The number of rotatable bonds is 3. The first-order valence-corrected chi connectivity index (χ1v) is 4.86. The highest BCUT2D eigenvalue weighted by atomic mass is 35.5. The monoisotopic (exact) mass is 245 g/mol. The molecule has 0 amide bonds. The minimum Gasteiger partial charge on any atom is -0.497 e. The van der Waals surface area contributed by atoms with Gasteiger partial charge < -0.3 is 19.9 Å². The number of benzene rings is 1. The fourth-order valence-corrected chi connectivity index (χ4v) is 1.85. The number of fused-ring (bicyclic) bond motifs is 1. The second-order valence-corrected chi connectivity index (χ2v) is 3.43. The highest BCUT2D eigenvalue weighted by Crippen LogP contribution is 2.39. The van der Waals surface area contributed by atoms with Gasteiger partial charge in [0, 0.05) is 18.2 Å². The summed E-state index contributed by atoms with van der Waals surface area (Å²) in [4.78, 5) is 0. The smallest absolute Gasteiger partial charge is 0.128 e. The van der Waals surface area contributed by atoms with Crippen molar-refractivity contribution in [3.05, 3.63) is 23.3 Å². The van der Waals surface area contributed by atoms with Gasteiger partial charge in [-0.2, -0.15) is 0 Å². The molecular weight excluding hydrogens is 230 g/mol. The van der Waals surface area contributed by atoms with E-state index in [-0.39, 0.29) is 18.5 Å². The van der Waals surface area contributed by atoms with E-state index in [1.807, 2.05) is 12.1 Å². The first-order valence-electron chi connectivity index (χ1n) is 4.86. The average molecular weight is 246 g/mol. The summed E-state index contributed by atoms with van der Waals surface area (Å²) in [7, 11) is 3.28. The number of methoxy groups -OCH3 is 2. The van der Waals surface area contributed by atoms with Gasteiger partial charge in [0.05, 0.1) is 26.9 Å². The third kappa shape index (κ3) is 2.09. The van der Waals surface area contributed by atoms with Gasteiger partial charge in [0.15, 0.2) is 0 Å². The van der Waals surface area contributed by atoms with Crippen molar-refractivity contribution in [1.82, 2.24) is 0 Å². The third-order valence-electron chi connectivity index (χ3n) is 2.66. The van der Waals surface area contributed by atoms with E-state index in [1.54, 1.807) is 14.2 Å². The van der Waals surface area contributed by atoms with Crippen LogP contribution in [0.4, 0.5) is 0 Å². The van der Waals surface area contributed by atoms with Crippen molar-refractivity contribution in [3.8, 4) is 11.5 Å². The van der Waals surface area contributed by atoms with Gasteiger partial charge in [0.25, 0.3) is 0 Å². The van der Waals surface area contributed by atoms with Gasteiger partial charge in [0.2, 0.25) is 0 Å². The molecule has 1 aliphatic heterocycles. The van der Waals surface area contributed by atoms with Crippen LogP contribution in [0.25, 0.3) is 0 Å². The minimum atomic E-state index is -0.0380. The molecule has 1 atom stereocenters. The van der Waals surface area contributed by atoms with Crippen molar-refractivity contribution in [2.24, 2.45) is 5.73 Å². The molecule has 1 aromatic carbocycles. The van der Waals surface area contributed by atoms with Gasteiger partial charge in [-0.1, -0.05) is 0 Å². The van der Waals surface area contributed by atoms with Crippen LogP contribution in [0.2, 0.25) is 0 Å². The van der Waals surface area contributed by atoms with Crippen molar-refractivity contribution >= 4 is 12.4 Å². The maximum atomic E-state index is 5.63. The summed E-state index contributed by atoms with van der Waals surface area (Å²) in [6, 6.07) is 3.82. The molecule has 1 aromatic rings. The quantitative estimate of drug-likeness (QED) is 0.880. The van der Waals surface area contributed by atoms with Crippen molar-refractivity contribution < 1.29 is 14.2 Å². The molecule has 0 radical (unpaired) electrons. The maximum absolute atomic E-state index is 5.63. The Hall–Kier alpha value is -0.970.